The predicted molar refractivity (Wildman–Crippen MR) is 31.8 cm³/mol. The lowest BCUT2D eigenvalue weighted by Crippen LogP contribution is -1.96. The molecule has 0 spiro atoms. The average Bonchev–Trinajstić information content (AvgIpc) is 1.90. The molecule has 4 nitrogen and oxygen atoms in total. The smallest absolute Gasteiger partial charge is 0.187 e. The van der Waals surface area contributed by atoms with Gasteiger partial charge in [0, 0.05) is 6.42 Å². The Hall–Kier alpha value is -1.19. The zero-order valence-corrected chi connectivity index (χ0v) is 5.00. The molecular weight excluding hydrogens is 122 g/mol. The number of aliphatic hydroxyl groups excluding tert-OH is 1. The van der Waals surface area contributed by atoms with Gasteiger partial charge in [0.25, 0.3) is 0 Å². The molecule has 0 unspecified atom stereocenters. The van der Waals surface area contributed by atoms with E-state index in [2.05, 4.69) is 5.18 Å². The van der Waals surface area contributed by atoms with Gasteiger partial charge >= 0.3 is 0 Å². The second kappa shape index (κ2) is 3.77. The fraction of sp³-hybridized carbons (Fsp3) is 0.400. The van der Waals surface area contributed by atoms with Crippen LogP contribution in [0.1, 0.15) is 13.3 Å². The molecule has 0 fully saturated rings. The Morgan fingerprint density at radius 1 is 1.78 bits per heavy atom. The molecule has 0 rings (SSSR count). The SMILES string of the molecule is CCC(=O)C(=CO)N=O. The van der Waals surface area contributed by atoms with Gasteiger partial charge in [-0.1, -0.05) is 6.92 Å². The molecule has 0 aliphatic carbocycles. The summed E-state index contributed by atoms with van der Waals surface area (Å²) in [5, 5.41) is 10.4. The van der Waals surface area contributed by atoms with Crippen LogP contribution in [0.15, 0.2) is 17.1 Å². The number of nitrogens with zero attached hydrogens (tertiary/aromatic N) is 1. The van der Waals surface area contributed by atoms with Gasteiger partial charge < -0.3 is 5.11 Å². The summed E-state index contributed by atoms with van der Waals surface area (Å²) in [5.41, 5.74) is -0.419. The number of rotatable bonds is 3. The Labute approximate surface area is 52.2 Å². The Morgan fingerprint density at radius 3 is 2.44 bits per heavy atom. The minimum Gasteiger partial charge on any atom is -0.513 e. The van der Waals surface area contributed by atoms with Crippen molar-refractivity contribution in [3.63, 3.8) is 0 Å². The van der Waals surface area contributed by atoms with E-state index in [9.17, 15) is 9.70 Å². The molecule has 0 saturated heterocycles. The Kier molecular flexibility index (Phi) is 3.27. The first-order chi connectivity index (χ1) is 4.26. The molecule has 0 saturated carbocycles. The van der Waals surface area contributed by atoms with E-state index >= 15 is 0 Å². The quantitative estimate of drug-likeness (QED) is 0.353. The van der Waals surface area contributed by atoms with Crippen molar-refractivity contribution in [1.29, 1.82) is 0 Å². The van der Waals surface area contributed by atoms with Crippen molar-refractivity contribution in [3.8, 4) is 0 Å². The van der Waals surface area contributed by atoms with Crippen LogP contribution in [0.2, 0.25) is 0 Å². The second-order valence-corrected chi connectivity index (χ2v) is 1.38. The summed E-state index contributed by atoms with van der Waals surface area (Å²) in [6.45, 7) is 1.58. The summed E-state index contributed by atoms with van der Waals surface area (Å²) in [6, 6.07) is 0. The second-order valence-electron chi connectivity index (χ2n) is 1.38. The molecule has 0 aliphatic rings. The maximum atomic E-state index is 10.5. The van der Waals surface area contributed by atoms with Gasteiger partial charge in [0.1, 0.15) is 6.26 Å². The molecule has 0 radical (unpaired) electrons. The van der Waals surface area contributed by atoms with Crippen LogP contribution < -0.4 is 0 Å². The lowest BCUT2D eigenvalue weighted by Gasteiger charge is -1.87. The first-order valence-electron chi connectivity index (χ1n) is 2.47. The average molecular weight is 129 g/mol. The largest absolute Gasteiger partial charge is 0.513 e. The van der Waals surface area contributed by atoms with Gasteiger partial charge in [0.2, 0.25) is 0 Å². The van der Waals surface area contributed by atoms with E-state index in [1.807, 2.05) is 0 Å². The van der Waals surface area contributed by atoms with E-state index in [0.717, 1.165) is 0 Å². The zero-order chi connectivity index (χ0) is 7.28. The highest BCUT2D eigenvalue weighted by molar-refractivity contribution is 5.94. The highest BCUT2D eigenvalue weighted by atomic mass is 16.3. The van der Waals surface area contributed by atoms with Gasteiger partial charge in [-0.15, -0.1) is 4.91 Å². The molecule has 0 aromatic carbocycles. The maximum Gasteiger partial charge on any atom is 0.187 e. The van der Waals surface area contributed by atoms with Gasteiger partial charge in [-0.05, 0) is 5.18 Å². The summed E-state index contributed by atoms with van der Waals surface area (Å²) in [6.07, 6.45) is 0.594. The number of nitroso groups, excluding NO2 is 1. The minimum absolute atomic E-state index is 0.179. The maximum absolute atomic E-state index is 10.5. The van der Waals surface area contributed by atoms with E-state index in [1.54, 1.807) is 6.92 Å². The van der Waals surface area contributed by atoms with Crippen molar-refractivity contribution >= 4 is 5.78 Å². The Morgan fingerprint density at radius 2 is 2.33 bits per heavy atom. The third kappa shape index (κ3) is 2.03. The first-order valence-corrected chi connectivity index (χ1v) is 2.47. The van der Waals surface area contributed by atoms with E-state index in [4.69, 9.17) is 5.11 Å². The predicted octanol–water partition coefficient (Wildman–Crippen LogP) is 1.13. The molecule has 0 aromatic heterocycles. The summed E-state index contributed by atoms with van der Waals surface area (Å²) in [4.78, 5) is 20.1. The molecule has 0 aromatic rings. The number of Topliss-reactive ketones (excluding diaryl/α,β-unsaturated/α-hetero) is 1. The van der Waals surface area contributed by atoms with Gasteiger partial charge in [-0.3, -0.25) is 4.79 Å². The van der Waals surface area contributed by atoms with Crippen LogP contribution in [0.5, 0.6) is 0 Å². The fourth-order valence-corrected chi connectivity index (χ4v) is 0.328. The van der Waals surface area contributed by atoms with Gasteiger partial charge in [0.15, 0.2) is 11.5 Å². The highest BCUT2D eigenvalue weighted by Gasteiger charge is 2.05. The summed E-state index contributed by atoms with van der Waals surface area (Å²) >= 11 is 0. The molecule has 0 aliphatic heterocycles. The van der Waals surface area contributed by atoms with Crippen LogP contribution in [-0.4, -0.2) is 10.9 Å². The normalized spacial score (nSPS) is 11.0. The van der Waals surface area contributed by atoms with E-state index < -0.39 is 11.5 Å². The van der Waals surface area contributed by atoms with E-state index in [-0.39, 0.29) is 6.42 Å². The van der Waals surface area contributed by atoms with Crippen molar-refractivity contribution in [1.82, 2.24) is 0 Å². The van der Waals surface area contributed by atoms with Gasteiger partial charge in [-0.25, -0.2) is 0 Å². The van der Waals surface area contributed by atoms with Crippen LogP contribution in [0.4, 0.5) is 0 Å². The molecule has 9 heavy (non-hydrogen) atoms. The van der Waals surface area contributed by atoms with Crippen molar-refractivity contribution < 1.29 is 9.90 Å². The number of ketones is 1. The zero-order valence-electron chi connectivity index (χ0n) is 5.00. The summed E-state index contributed by atoms with van der Waals surface area (Å²) < 4.78 is 0. The van der Waals surface area contributed by atoms with Crippen LogP contribution in [-0.2, 0) is 4.79 Å². The number of hydrogen-bond donors (Lipinski definition) is 1. The topological polar surface area (TPSA) is 66.7 Å². The van der Waals surface area contributed by atoms with Crippen LogP contribution in [0.3, 0.4) is 0 Å². The molecule has 0 heterocycles. The molecule has 50 valence electrons. The molecule has 0 amide bonds. The third-order valence-corrected chi connectivity index (χ3v) is 0.827. The Bertz CT molecular complexity index is 150. The number of allylic oxidation sites excluding steroid dienone is 1. The Balaban J connectivity index is 4.14. The van der Waals surface area contributed by atoms with Crippen LogP contribution >= 0.6 is 0 Å². The molecule has 0 bridgehead atoms. The lowest BCUT2D eigenvalue weighted by molar-refractivity contribution is -0.115. The molecular formula is C5H7NO3. The number of carbonyl (C=O) groups excluding carboxylic acids is 1. The van der Waals surface area contributed by atoms with Gasteiger partial charge in [0.05, 0.1) is 0 Å². The van der Waals surface area contributed by atoms with E-state index in [0.29, 0.717) is 6.26 Å². The number of hydrogen-bond acceptors (Lipinski definition) is 4. The molecule has 4 heteroatoms. The van der Waals surface area contributed by atoms with Crippen molar-refractivity contribution in [2.75, 3.05) is 0 Å². The van der Waals surface area contributed by atoms with Crippen LogP contribution in [0, 0.1) is 4.91 Å². The molecule has 1 N–H and O–H groups in total. The number of carbonyl (C=O) groups is 1. The fourth-order valence-electron chi connectivity index (χ4n) is 0.328. The monoisotopic (exact) mass is 129 g/mol. The lowest BCUT2D eigenvalue weighted by atomic mass is 10.2. The summed E-state index contributed by atoms with van der Waals surface area (Å²) in [5.74, 6) is -0.451. The van der Waals surface area contributed by atoms with Crippen molar-refractivity contribution in [2.24, 2.45) is 5.18 Å². The highest BCUT2D eigenvalue weighted by Crippen LogP contribution is 1.98. The first kappa shape index (κ1) is 7.81. The van der Waals surface area contributed by atoms with Crippen molar-refractivity contribution in [2.45, 2.75) is 13.3 Å². The third-order valence-electron chi connectivity index (χ3n) is 0.827. The standard InChI is InChI=1S/C5H7NO3/c1-2-5(8)4(3-7)6-9/h3,7H,2H2,1H3. The summed E-state index contributed by atoms with van der Waals surface area (Å²) in [7, 11) is 0. The van der Waals surface area contributed by atoms with Crippen LogP contribution in [0.25, 0.3) is 0 Å². The minimum atomic E-state index is -0.451. The van der Waals surface area contributed by atoms with Gasteiger partial charge in [-0.2, -0.15) is 0 Å². The van der Waals surface area contributed by atoms with Crippen molar-refractivity contribution in [3.05, 3.63) is 16.9 Å². The number of aliphatic hydroxyl groups is 1. The van der Waals surface area contributed by atoms with E-state index in [1.165, 1.54) is 0 Å². The molecule has 0 atom stereocenters.